The highest BCUT2D eigenvalue weighted by atomic mass is 19.3. The van der Waals surface area contributed by atoms with Crippen molar-refractivity contribution < 1.29 is 33.6 Å². The number of alkyl halides is 2. The van der Waals surface area contributed by atoms with Crippen LogP contribution in [0.3, 0.4) is 0 Å². The van der Waals surface area contributed by atoms with Crippen LogP contribution in [0.1, 0.15) is 70.6 Å². The van der Waals surface area contributed by atoms with Gasteiger partial charge in [-0.05, 0) is 44.9 Å². The molecule has 0 saturated heterocycles. The van der Waals surface area contributed by atoms with Gasteiger partial charge in [0.15, 0.2) is 5.65 Å². The molecule has 2 atom stereocenters. The number of nitrogens with two attached hydrogens (primary N) is 1. The van der Waals surface area contributed by atoms with Gasteiger partial charge < -0.3 is 25.8 Å². The highest BCUT2D eigenvalue weighted by molar-refractivity contribution is 5.80. The summed E-state index contributed by atoms with van der Waals surface area (Å²) in [7, 11) is 1.27. The molecule has 0 aliphatic heterocycles. The van der Waals surface area contributed by atoms with E-state index in [-0.39, 0.29) is 23.3 Å². The van der Waals surface area contributed by atoms with E-state index in [2.05, 4.69) is 15.1 Å². The number of aliphatic hydroxyl groups is 3. The molecule has 4 aromatic rings. The number of carbonyl (C=O) groups excluding carboxylic acids is 1. The Kier molecular flexibility index (Phi) is 6.54. The Hall–Kier alpha value is -3.95. The van der Waals surface area contributed by atoms with Gasteiger partial charge in [-0.15, -0.1) is 0 Å². The molecule has 1 fully saturated rings. The Bertz CT molecular complexity index is 1620. The second kappa shape index (κ2) is 9.85. The summed E-state index contributed by atoms with van der Waals surface area (Å²) in [4.78, 5) is 26.6. The lowest BCUT2D eigenvalue weighted by Gasteiger charge is -2.36. The third-order valence-corrected chi connectivity index (χ3v) is 8.04. The molecule has 14 heteroatoms. The molecule has 12 nitrogen and oxygen atoms in total. The van der Waals surface area contributed by atoms with Crippen LogP contribution in [-0.4, -0.2) is 70.8 Å². The van der Waals surface area contributed by atoms with Gasteiger partial charge in [-0.2, -0.15) is 13.9 Å². The third-order valence-electron chi connectivity index (χ3n) is 8.04. The van der Waals surface area contributed by atoms with Crippen molar-refractivity contribution in [2.45, 2.75) is 55.9 Å². The molecule has 0 bridgehead atoms. The summed E-state index contributed by atoms with van der Waals surface area (Å²) in [5, 5.41) is 34.5. The van der Waals surface area contributed by atoms with Crippen molar-refractivity contribution in [3.05, 3.63) is 71.1 Å². The molecule has 5 N–H and O–H groups in total. The number of carbonyl (C=O) groups is 1. The first-order valence-corrected chi connectivity index (χ1v) is 12.9. The molecule has 1 saturated carbocycles. The largest absolute Gasteiger partial charge is 0.434 e. The zero-order valence-corrected chi connectivity index (χ0v) is 21.9. The number of hydrogen-bond acceptors (Lipinski definition) is 11. The molecule has 0 radical (unpaired) electrons. The number of benzene rings is 1. The molecule has 1 aromatic carbocycles. The number of aromatic nitrogens is 5. The smallest absolute Gasteiger partial charge is 0.387 e. The lowest BCUT2D eigenvalue weighted by molar-refractivity contribution is -0.396. The van der Waals surface area contributed by atoms with Crippen LogP contribution in [0.4, 0.5) is 8.78 Å². The molecule has 3 aromatic heterocycles. The summed E-state index contributed by atoms with van der Waals surface area (Å²) in [6.45, 7) is -3.15. The maximum atomic E-state index is 13.4. The van der Waals surface area contributed by atoms with Gasteiger partial charge in [-0.25, -0.2) is 24.4 Å². The highest BCUT2D eigenvalue weighted by Gasteiger charge is 2.46. The van der Waals surface area contributed by atoms with Crippen molar-refractivity contribution in [3.8, 4) is 17.0 Å². The summed E-state index contributed by atoms with van der Waals surface area (Å²) in [5.41, 5.74) is 8.30. The summed E-state index contributed by atoms with van der Waals surface area (Å²) in [5.74, 6) is -0.440. The average molecular weight is 568 g/mol. The molecule has 0 spiro atoms. The molecule has 2 unspecified atom stereocenters. The number of hydrogen-bond donors (Lipinski definition) is 4. The fraction of sp³-hybridized carbons (Fsp3) is 0.370. The van der Waals surface area contributed by atoms with Crippen LogP contribution in [0.15, 0.2) is 42.9 Å². The Labute approximate surface area is 232 Å². The van der Waals surface area contributed by atoms with E-state index in [1.807, 2.05) is 0 Å². The number of rotatable bonds is 8. The number of aldehydes is 1. The van der Waals surface area contributed by atoms with Gasteiger partial charge >= 0.3 is 12.7 Å². The van der Waals surface area contributed by atoms with Crippen molar-refractivity contribution in [1.82, 2.24) is 29.5 Å². The van der Waals surface area contributed by atoms with Crippen LogP contribution in [0.2, 0.25) is 0 Å². The maximum absolute atomic E-state index is 13.4. The van der Waals surface area contributed by atoms with E-state index in [0.717, 1.165) is 24.2 Å². The minimum absolute atomic E-state index is 0.0425. The Morgan fingerprint density at radius 2 is 1.93 bits per heavy atom. The zero-order valence-electron chi connectivity index (χ0n) is 21.9. The average Bonchev–Trinajstić information content (AvgIpc) is 3.47. The van der Waals surface area contributed by atoms with Crippen molar-refractivity contribution in [3.63, 3.8) is 0 Å². The fourth-order valence-electron chi connectivity index (χ4n) is 5.70. The van der Waals surface area contributed by atoms with Crippen LogP contribution >= 0.6 is 0 Å². The first-order chi connectivity index (χ1) is 19.5. The van der Waals surface area contributed by atoms with E-state index in [1.165, 1.54) is 29.8 Å². The normalized spacial score (nSPS) is 19.9. The second-order valence-electron chi connectivity index (χ2n) is 10.5. The SMILES string of the molecule is CN(C1CC(c2c(C=O)cccc2OC(F)F)c2c1nn1ccc(-c3cnc(C4(N)CCC4)nc3)nc21)C(O)(O)O. The van der Waals surface area contributed by atoms with Gasteiger partial charge in [0.2, 0.25) is 0 Å². The van der Waals surface area contributed by atoms with E-state index in [9.17, 15) is 28.9 Å². The van der Waals surface area contributed by atoms with Crippen LogP contribution in [0, 0.1) is 0 Å². The zero-order chi connectivity index (χ0) is 29.1. The molecule has 0 amide bonds. The van der Waals surface area contributed by atoms with Crippen LogP contribution in [0.25, 0.3) is 16.9 Å². The Morgan fingerprint density at radius 1 is 1.20 bits per heavy atom. The van der Waals surface area contributed by atoms with E-state index in [1.54, 1.807) is 24.7 Å². The summed E-state index contributed by atoms with van der Waals surface area (Å²) < 4.78 is 33.0. The maximum Gasteiger partial charge on any atom is 0.387 e. The van der Waals surface area contributed by atoms with Gasteiger partial charge in [0, 0.05) is 46.8 Å². The lowest BCUT2D eigenvalue weighted by atomic mass is 9.77. The fourth-order valence-corrected chi connectivity index (χ4v) is 5.70. The highest BCUT2D eigenvalue weighted by Crippen LogP contribution is 2.51. The van der Waals surface area contributed by atoms with Crippen LogP contribution < -0.4 is 10.5 Å². The number of halogens is 2. The predicted molar refractivity (Wildman–Crippen MR) is 139 cm³/mol. The number of fused-ring (bicyclic) bond motifs is 3. The van der Waals surface area contributed by atoms with Crippen molar-refractivity contribution in [1.29, 1.82) is 0 Å². The number of nitrogens with zero attached hydrogens (tertiary/aromatic N) is 6. The topological polar surface area (TPSA) is 172 Å². The van der Waals surface area contributed by atoms with Gasteiger partial charge in [-0.3, -0.25) is 4.79 Å². The number of ether oxygens (including phenoxy) is 1. The van der Waals surface area contributed by atoms with Gasteiger partial charge in [0.25, 0.3) is 0 Å². The molecule has 41 heavy (non-hydrogen) atoms. The summed E-state index contributed by atoms with van der Waals surface area (Å²) in [6, 6.07) is 5.03. The Balaban J connectivity index is 1.50. The lowest BCUT2D eigenvalue weighted by Crippen LogP contribution is -2.47. The molecule has 2 aliphatic rings. The molecule has 6 rings (SSSR count). The van der Waals surface area contributed by atoms with Crippen molar-refractivity contribution in [2.24, 2.45) is 5.73 Å². The monoisotopic (exact) mass is 567 g/mol. The first-order valence-electron chi connectivity index (χ1n) is 12.9. The molecular weight excluding hydrogens is 540 g/mol. The van der Waals surface area contributed by atoms with E-state index in [4.69, 9.17) is 15.5 Å². The van der Waals surface area contributed by atoms with Crippen LogP contribution in [-0.2, 0) is 5.54 Å². The minimum Gasteiger partial charge on any atom is -0.434 e. The summed E-state index contributed by atoms with van der Waals surface area (Å²) in [6.07, 6.45) is 4.91. The predicted octanol–water partition coefficient (Wildman–Crippen LogP) is 2.03. The van der Waals surface area contributed by atoms with E-state index in [0.29, 0.717) is 40.3 Å². The van der Waals surface area contributed by atoms with E-state index >= 15 is 0 Å². The van der Waals surface area contributed by atoms with Gasteiger partial charge in [0.1, 0.15) is 17.9 Å². The van der Waals surface area contributed by atoms with E-state index < -0.39 is 30.2 Å². The van der Waals surface area contributed by atoms with Crippen molar-refractivity contribution in [2.75, 3.05) is 7.05 Å². The molecule has 2 aliphatic carbocycles. The Morgan fingerprint density at radius 3 is 2.54 bits per heavy atom. The van der Waals surface area contributed by atoms with Gasteiger partial charge in [0.05, 0.1) is 23.0 Å². The van der Waals surface area contributed by atoms with Crippen LogP contribution in [0.5, 0.6) is 5.75 Å². The first kappa shape index (κ1) is 27.2. The standard InChI is InChI=1S/C27H27F2N7O5/c1-35(27(38,39)40)18-10-16(20-14(13-37)4-2-5-19(20)41-25(28)29)21-22(18)34-36-9-6-17(33-23(21)36)15-11-31-24(32-12-15)26(30)7-3-8-26/h2,4-6,9,11-13,16,18,25,38-40H,3,7-8,10,30H2,1H3. The van der Waals surface area contributed by atoms with Crippen molar-refractivity contribution >= 4 is 11.9 Å². The van der Waals surface area contributed by atoms with Gasteiger partial charge in [-0.1, -0.05) is 12.1 Å². The second-order valence-corrected chi connectivity index (χ2v) is 10.5. The third kappa shape index (κ3) is 4.63. The minimum atomic E-state index is -3.21. The molecule has 214 valence electrons. The molecular formula is C27H27F2N7O5. The molecule has 3 heterocycles. The quantitative estimate of drug-likeness (QED) is 0.181. The summed E-state index contributed by atoms with van der Waals surface area (Å²) >= 11 is 0.